The van der Waals surface area contributed by atoms with Crippen LogP contribution in [0.4, 0.5) is 11.4 Å². The molecule has 3 rings (SSSR count). The Morgan fingerprint density at radius 2 is 2.20 bits per heavy atom. The van der Waals surface area contributed by atoms with E-state index in [0.29, 0.717) is 23.3 Å². The first kappa shape index (κ1) is 13.2. The maximum absolute atomic E-state index is 11.9. The first-order valence-electron chi connectivity index (χ1n) is 7.31. The summed E-state index contributed by atoms with van der Waals surface area (Å²) < 4.78 is 0. The number of nitrogen functional groups attached to an aromatic ring is 1. The maximum Gasteiger partial charge on any atom is 0.253 e. The Morgan fingerprint density at radius 3 is 3.00 bits per heavy atom. The lowest BCUT2D eigenvalue weighted by Crippen LogP contribution is -2.34. The monoisotopic (exact) mass is 274 g/mol. The fourth-order valence-electron chi connectivity index (χ4n) is 3.46. The van der Waals surface area contributed by atoms with Gasteiger partial charge >= 0.3 is 0 Å². The van der Waals surface area contributed by atoms with Crippen LogP contribution in [0.15, 0.2) is 18.2 Å². The van der Waals surface area contributed by atoms with E-state index in [-0.39, 0.29) is 5.91 Å². The molecule has 2 aliphatic heterocycles. The molecule has 2 heterocycles. The molecule has 0 spiro atoms. The summed E-state index contributed by atoms with van der Waals surface area (Å²) in [5.41, 5.74) is 8.06. The third-order valence-electron chi connectivity index (χ3n) is 4.46. The average Bonchev–Trinajstić information content (AvgIpc) is 3.03. The average molecular weight is 274 g/mol. The molecule has 1 aromatic rings. The number of carbonyl (C=O) groups is 1. The molecule has 2 unspecified atom stereocenters. The number of nitrogens with two attached hydrogens (primary N) is 1. The summed E-state index contributed by atoms with van der Waals surface area (Å²) in [4.78, 5) is 14.5. The molecule has 0 radical (unpaired) electrons. The summed E-state index contributed by atoms with van der Waals surface area (Å²) in [7, 11) is 1.65. The topological polar surface area (TPSA) is 70.4 Å². The zero-order valence-electron chi connectivity index (χ0n) is 11.9. The summed E-state index contributed by atoms with van der Waals surface area (Å²) in [5.74, 6) is -0.0752. The molecule has 4 N–H and O–H groups in total. The summed E-state index contributed by atoms with van der Waals surface area (Å²) in [6.07, 6.45) is 3.66. The zero-order valence-corrected chi connectivity index (χ0v) is 11.9. The number of carbonyl (C=O) groups excluding carboxylic acids is 1. The van der Waals surface area contributed by atoms with Gasteiger partial charge in [-0.1, -0.05) is 0 Å². The van der Waals surface area contributed by atoms with E-state index in [0.717, 1.165) is 18.7 Å². The van der Waals surface area contributed by atoms with E-state index in [1.807, 2.05) is 6.07 Å². The van der Waals surface area contributed by atoms with Gasteiger partial charge in [-0.15, -0.1) is 0 Å². The van der Waals surface area contributed by atoms with Crippen molar-refractivity contribution in [1.29, 1.82) is 0 Å². The highest BCUT2D eigenvalue weighted by molar-refractivity contribution is 6.00. The molecule has 1 amide bonds. The second-order valence-corrected chi connectivity index (χ2v) is 5.67. The second kappa shape index (κ2) is 5.32. The quantitative estimate of drug-likeness (QED) is 0.726. The Morgan fingerprint density at radius 1 is 1.35 bits per heavy atom. The van der Waals surface area contributed by atoms with Crippen molar-refractivity contribution in [2.24, 2.45) is 0 Å². The van der Waals surface area contributed by atoms with Crippen LogP contribution in [0.1, 0.15) is 29.6 Å². The molecule has 2 aliphatic rings. The molecule has 2 fully saturated rings. The van der Waals surface area contributed by atoms with Gasteiger partial charge < -0.3 is 16.4 Å². The van der Waals surface area contributed by atoms with E-state index < -0.39 is 0 Å². The number of hydrogen-bond donors (Lipinski definition) is 3. The highest BCUT2D eigenvalue weighted by Crippen LogP contribution is 2.31. The number of rotatable bonds is 3. The number of nitrogens with one attached hydrogen (secondary N) is 2. The van der Waals surface area contributed by atoms with Crippen molar-refractivity contribution in [3.05, 3.63) is 23.8 Å². The molecule has 5 heteroatoms. The molecule has 5 nitrogen and oxygen atoms in total. The molecule has 0 bridgehead atoms. The van der Waals surface area contributed by atoms with Crippen LogP contribution < -0.4 is 16.4 Å². The molecule has 108 valence electrons. The normalized spacial score (nSPS) is 25.4. The minimum atomic E-state index is -0.0752. The minimum Gasteiger partial charge on any atom is -0.399 e. The zero-order chi connectivity index (χ0) is 14.1. The van der Waals surface area contributed by atoms with E-state index in [2.05, 4.69) is 15.5 Å². The van der Waals surface area contributed by atoms with Crippen molar-refractivity contribution >= 4 is 17.3 Å². The lowest BCUT2D eigenvalue weighted by Gasteiger charge is -2.23. The number of hydrogen-bond acceptors (Lipinski definition) is 4. The lowest BCUT2D eigenvalue weighted by molar-refractivity contribution is 0.0964. The molecule has 20 heavy (non-hydrogen) atoms. The largest absolute Gasteiger partial charge is 0.399 e. The van der Waals surface area contributed by atoms with Crippen molar-refractivity contribution in [3.8, 4) is 0 Å². The Kier molecular flexibility index (Phi) is 3.53. The lowest BCUT2D eigenvalue weighted by atomic mass is 10.0. The van der Waals surface area contributed by atoms with Gasteiger partial charge in [-0.25, -0.2) is 0 Å². The van der Waals surface area contributed by atoms with Gasteiger partial charge in [0.1, 0.15) is 0 Å². The van der Waals surface area contributed by atoms with Gasteiger partial charge in [0, 0.05) is 37.1 Å². The van der Waals surface area contributed by atoms with Gasteiger partial charge in [0.15, 0.2) is 0 Å². The number of amides is 1. The smallest absolute Gasteiger partial charge is 0.253 e. The van der Waals surface area contributed by atoms with Crippen LogP contribution in [0.5, 0.6) is 0 Å². The molecule has 1 aromatic carbocycles. The van der Waals surface area contributed by atoms with Crippen LogP contribution in [-0.2, 0) is 0 Å². The van der Waals surface area contributed by atoms with Gasteiger partial charge in [0.2, 0.25) is 0 Å². The highest BCUT2D eigenvalue weighted by Gasteiger charge is 2.37. The first-order chi connectivity index (χ1) is 9.69. The number of fused-ring (bicyclic) bond motifs is 1. The van der Waals surface area contributed by atoms with Crippen molar-refractivity contribution in [3.63, 3.8) is 0 Å². The summed E-state index contributed by atoms with van der Waals surface area (Å²) in [6, 6.07) is 6.45. The second-order valence-electron chi connectivity index (χ2n) is 5.67. The summed E-state index contributed by atoms with van der Waals surface area (Å²) in [5, 5.41) is 6.24. The maximum atomic E-state index is 11.9. The minimum absolute atomic E-state index is 0.0752. The molecule has 0 aromatic heterocycles. The molecular weight excluding hydrogens is 252 g/mol. The van der Waals surface area contributed by atoms with Gasteiger partial charge in [0.25, 0.3) is 5.91 Å². The standard InChI is InChI=1S/C15H22N4O/c1-17-15(20)11-5-4-10(16)9-13(11)18-12-6-8-19-7-2-3-14(12)19/h4-5,9,12,14,18H,2-3,6-8,16H2,1H3,(H,17,20). The third-order valence-corrected chi connectivity index (χ3v) is 4.46. The van der Waals surface area contributed by atoms with E-state index in [1.165, 1.54) is 19.4 Å². The van der Waals surface area contributed by atoms with Crippen molar-refractivity contribution in [2.45, 2.75) is 31.3 Å². The molecular formula is C15H22N4O. The Bertz CT molecular complexity index is 517. The first-order valence-corrected chi connectivity index (χ1v) is 7.31. The van der Waals surface area contributed by atoms with Crippen LogP contribution in [0.25, 0.3) is 0 Å². The molecule has 2 saturated heterocycles. The van der Waals surface area contributed by atoms with Crippen LogP contribution in [-0.4, -0.2) is 43.0 Å². The van der Waals surface area contributed by atoms with E-state index >= 15 is 0 Å². The van der Waals surface area contributed by atoms with Crippen molar-refractivity contribution < 1.29 is 4.79 Å². The van der Waals surface area contributed by atoms with Crippen LogP contribution in [0, 0.1) is 0 Å². The SMILES string of the molecule is CNC(=O)c1ccc(N)cc1NC1CCN2CCCC12. The molecule has 2 atom stereocenters. The Balaban J connectivity index is 1.82. The summed E-state index contributed by atoms with van der Waals surface area (Å²) >= 11 is 0. The van der Waals surface area contributed by atoms with Gasteiger partial charge in [-0.2, -0.15) is 0 Å². The molecule has 0 saturated carbocycles. The van der Waals surface area contributed by atoms with Crippen molar-refractivity contribution in [2.75, 3.05) is 31.2 Å². The number of anilines is 2. The van der Waals surface area contributed by atoms with E-state index in [9.17, 15) is 4.79 Å². The summed E-state index contributed by atoms with van der Waals surface area (Å²) in [6.45, 7) is 2.36. The fourth-order valence-corrected chi connectivity index (χ4v) is 3.46. The van der Waals surface area contributed by atoms with Gasteiger partial charge in [-0.3, -0.25) is 9.69 Å². The van der Waals surface area contributed by atoms with E-state index in [1.54, 1.807) is 19.2 Å². The number of benzene rings is 1. The highest BCUT2D eigenvalue weighted by atomic mass is 16.1. The molecule has 0 aliphatic carbocycles. The Hall–Kier alpha value is -1.75. The van der Waals surface area contributed by atoms with E-state index in [4.69, 9.17) is 5.73 Å². The van der Waals surface area contributed by atoms with Crippen molar-refractivity contribution in [1.82, 2.24) is 10.2 Å². The predicted molar refractivity (Wildman–Crippen MR) is 80.9 cm³/mol. The van der Waals surface area contributed by atoms with Crippen LogP contribution in [0.3, 0.4) is 0 Å². The number of nitrogens with zero attached hydrogens (tertiary/aromatic N) is 1. The van der Waals surface area contributed by atoms with Gasteiger partial charge in [0.05, 0.1) is 5.56 Å². The third kappa shape index (κ3) is 2.33. The Labute approximate surface area is 119 Å². The predicted octanol–water partition coefficient (Wildman–Crippen LogP) is 1.28. The fraction of sp³-hybridized carbons (Fsp3) is 0.533. The van der Waals surface area contributed by atoms with Gasteiger partial charge in [-0.05, 0) is 44.0 Å². The van der Waals surface area contributed by atoms with Crippen LogP contribution in [0.2, 0.25) is 0 Å². The van der Waals surface area contributed by atoms with Crippen LogP contribution >= 0.6 is 0 Å².